The Balaban J connectivity index is 1.90. The fourth-order valence-corrected chi connectivity index (χ4v) is 3.07. The molecule has 0 saturated carbocycles. The Kier molecular flexibility index (Phi) is 3.52. The van der Waals surface area contributed by atoms with E-state index in [2.05, 4.69) is 27.2 Å². The van der Waals surface area contributed by atoms with Gasteiger partial charge in [0.1, 0.15) is 18.0 Å². The first-order valence-electron chi connectivity index (χ1n) is 7.02. The minimum Gasteiger partial charge on any atom is -0.371 e. The Bertz CT molecular complexity index is 441. The summed E-state index contributed by atoms with van der Waals surface area (Å²) in [6.07, 6.45) is 6.61. The molecular formula is C13H21N5O. The van der Waals surface area contributed by atoms with Crippen LogP contribution in [-0.2, 0) is 11.2 Å². The maximum atomic E-state index is 5.88. The average molecular weight is 263 g/mol. The Morgan fingerprint density at radius 3 is 2.74 bits per heavy atom. The van der Waals surface area contributed by atoms with E-state index in [1.165, 1.54) is 0 Å². The lowest BCUT2D eigenvalue weighted by Crippen LogP contribution is -2.43. The summed E-state index contributed by atoms with van der Waals surface area (Å²) < 4.78 is 5.88. The number of fused-ring (bicyclic) bond motifs is 2. The van der Waals surface area contributed by atoms with Gasteiger partial charge in [-0.15, -0.1) is 0 Å². The minimum atomic E-state index is 0.359. The van der Waals surface area contributed by atoms with Crippen LogP contribution in [0.25, 0.3) is 0 Å². The van der Waals surface area contributed by atoms with Crippen molar-refractivity contribution in [3.63, 3.8) is 0 Å². The van der Waals surface area contributed by atoms with Crippen LogP contribution in [0.4, 0.5) is 11.6 Å². The summed E-state index contributed by atoms with van der Waals surface area (Å²) in [4.78, 5) is 11.0. The zero-order valence-corrected chi connectivity index (χ0v) is 11.3. The monoisotopic (exact) mass is 263 g/mol. The van der Waals surface area contributed by atoms with Crippen molar-refractivity contribution in [1.29, 1.82) is 0 Å². The van der Waals surface area contributed by atoms with Crippen LogP contribution in [0.15, 0.2) is 6.33 Å². The highest BCUT2D eigenvalue weighted by Crippen LogP contribution is 2.32. The molecule has 1 aromatic rings. The van der Waals surface area contributed by atoms with Gasteiger partial charge in [0.2, 0.25) is 0 Å². The molecule has 3 heterocycles. The topological polar surface area (TPSA) is 76.3 Å². The fraction of sp³-hybridized carbons (Fsp3) is 0.692. The van der Waals surface area contributed by atoms with Crippen LogP contribution in [0, 0.1) is 0 Å². The molecule has 6 nitrogen and oxygen atoms in total. The van der Waals surface area contributed by atoms with E-state index in [0.717, 1.165) is 56.0 Å². The van der Waals surface area contributed by atoms with E-state index in [1.807, 2.05) is 0 Å². The van der Waals surface area contributed by atoms with Gasteiger partial charge in [0.15, 0.2) is 0 Å². The zero-order chi connectivity index (χ0) is 13.2. The van der Waals surface area contributed by atoms with Crippen LogP contribution in [0.1, 0.15) is 31.7 Å². The summed E-state index contributed by atoms with van der Waals surface area (Å²) in [6, 6.07) is 0. The van der Waals surface area contributed by atoms with Gasteiger partial charge in [-0.3, -0.25) is 0 Å². The molecule has 2 unspecified atom stereocenters. The van der Waals surface area contributed by atoms with Crippen molar-refractivity contribution in [3.8, 4) is 0 Å². The summed E-state index contributed by atoms with van der Waals surface area (Å²) in [5.41, 5.74) is 3.81. The molecule has 2 fully saturated rings. The molecule has 2 atom stereocenters. The van der Waals surface area contributed by atoms with Crippen LogP contribution in [0.2, 0.25) is 0 Å². The predicted molar refractivity (Wildman–Crippen MR) is 73.9 cm³/mol. The lowest BCUT2D eigenvalue weighted by Gasteiger charge is -2.34. The van der Waals surface area contributed by atoms with Crippen LogP contribution in [-0.4, -0.2) is 35.3 Å². The highest BCUT2D eigenvalue weighted by molar-refractivity contribution is 5.58. The summed E-state index contributed by atoms with van der Waals surface area (Å²) >= 11 is 0. The van der Waals surface area contributed by atoms with E-state index in [-0.39, 0.29) is 0 Å². The maximum Gasteiger partial charge on any atom is 0.148 e. The molecule has 0 radical (unpaired) electrons. The number of hydrogen-bond acceptors (Lipinski definition) is 6. The second kappa shape index (κ2) is 5.30. The van der Waals surface area contributed by atoms with Gasteiger partial charge < -0.3 is 15.1 Å². The number of aromatic nitrogens is 2. The molecule has 3 N–H and O–H groups in total. The predicted octanol–water partition coefficient (Wildman–Crippen LogP) is 1.08. The van der Waals surface area contributed by atoms with E-state index < -0.39 is 0 Å². The molecule has 3 rings (SSSR count). The lowest BCUT2D eigenvalue weighted by atomic mass is 10.1. The van der Waals surface area contributed by atoms with Gasteiger partial charge in [0.05, 0.1) is 12.2 Å². The largest absolute Gasteiger partial charge is 0.371 e. The molecule has 0 aliphatic carbocycles. The molecule has 0 spiro atoms. The summed E-state index contributed by atoms with van der Waals surface area (Å²) in [5, 5.41) is 0. The Labute approximate surface area is 113 Å². The number of hydrogen-bond donors (Lipinski definition) is 2. The van der Waals surface area contributed by atoms with Gasteiger partial charge in [0, 0.05) is 18.7 Å². The van der Waals surface area contributed by atoms with Gasteiger partial charge in [-0.1, -0.05) is 13.3 Å². The number of ether oxygens (including phenoxy) is 1. The zero-order valence-electron chi connectivity index (χ0n) is 11.3. The molecule has 2 aliphatic rings. The minimum absolute atomic E-state index is 0.359. The van der Waals surface area contributed by atoms with Crippen LogP contribution < -0.4 is 16.2 Å². The van der Waals surface area contributed by atoms with Gasteiger partial charge in [-0.2, -0.15) is 0 Å². The van der Waals surface area contributed by atoms with Crippen LogP contribution in [0.5, 0.6) is 0 Å². The SMILES string of the molecule is CCCc1c(NN)ncnc1N1CC2CCC(C1)O2. The molecule has 6 heteroatoms. The number of anilines is 2. The van der Waals surface area contributed by atoms with E-state index in [9.17, 15) is 0 Å². The molecule has 1 aromatic heterocycles. The highest BCUT2D eigenvalue weighted by atomic mass is 16.5. The molecule has 2 aliphatic heterocycles. The third-order valence-corrected chi connectivity index (χ3v) is 3.90. The van der Waals surface area contributed by atoms with Gasteiger partial charge in [-0.05, 0) is 19.3 Å². The average Bonchev–Trinajstić information content (AvgIpc) is 2.78. The normalized spacial score (nSPS) is 25.7. The quantitative estimate of drug-likeness (QED) is 0.625. The maximum absolute atomic E-state index is 5.88. The number of rotatable bonds is 4. The molecule has 2 saturated heterocycles. The number of morpholine rings is 1. The molecule has 104 valence electrons. The Morgan fingerprint density at radius 1 is 1.37 bits per heavy atom. The van der Waals surface area contributed by atoms with Crippen molar-refractivity contribution in [2.45, 2.75) is 44.8 Å². The molecule has 19 heavy (non-hydrogen) atoms. The third-order valence-electron chi connectivity index (χ3n) is 3.90. The lowest BCUT2D eigenvalue weighted by molar-refractivity contribution is 0.0301. The first-order chi connectivity index (χ1) is 9.31. The van der Waals surface area contributed by atoms with E-state index in [0.29, 0.717) is 12.2 Å². The Hall–Kier alpha value is -1.40. The molecule has 2 bridgehead atoms. The number of nitrogen functional groups attached to an aromatic ring is 1. The Morgan fingerprint density at radius 2 is 2.11 bits per heavy atom. The van der Waals surface area contributed by atoms with Crippen molar-refractivity contribution < 1.29 is 4.74 Å². The summed E-state index contributed by atoms with van der Waals surface area (Å²) in [5.74, 6) is 7.32. The van der Waals surface area contributed by atoms with Gasteiger partial charge in [-0.25, -0.2) is 15.8 Å². The van der Waals surface area contributed by atoms with Crippen LogP contribution >= 0.6 is 0 Å². The molecule has 0 amide bonds. The smallest absolute Gasteiger partial charge is 0.148 e. The first kappa shape index (κ1) is 12.6. The highest BCUT2D eigenvalue weighted by Gasteiger charge is 2.35. The number of nitrogens with zero attached hydrogens (tertiary/aromatic N) is 3. The van der Waals surface area contributed by atoms with E-state index in [1.54, 1.807) is 6.33 Å². The summed E-state index contributed by atoms with van der Waals surface area (Å²) in [6.45, 7) is 4.00. The van der Waals surface area contributed by atoms with E-state index >= 15 is 0 Å². The van der Waals surface area contributed by atoms with E-state index in [4.69, 9.17) is 10.6 Å². The number of hydrazine groups is 1. The molecular weight excluding hydrogens is 242 g/mol. The second-order valence-electron chi connectivity index (χ2n) is 5.28. The van der Waals surface area contributed by atoms with Crippen LogP contribution in [0.3, 0.4) is 0 Å². The van der Waals surface area contributed by atoms with Gasteiger partial charge in [0.25, 0.3) is 0 Å². The second-order valence-corrected chi connectivity index (χ2v) is 5.28. The fourth-order valence-electron chi connectivity index (χ4n) is 3.07. The summed E-state index contributed by atoms with van der Waals surface area (Å²) in [7, 11) is 0. The van der Waals surface area contributed by atoms with Gasteiger partial charge >= 0.3 is 0 Å². The standard InChI is InChI=1S/C13H21N5O/c1-2-3-11-12(17-14)15-8-16-13(11)18-6-9-4-5-10(7-18)19-9/h8-10H,2-7,14H2,1H3,(H,15,16,17). The number of nitrogens with two attached hydrogens (primary N) is 1. The van der Waals surface area contributed by atoms with Crippen molar-refractivity contribution >= 4 is 11.6 Å². The van der Waals surface area contributed by atoms with Crippen molar-refractivity contribution in [2.75, 3.05) is 23.4 Å². The first-order valence-corrected chi connectivity index (χ1v) is 7.02. The van der Waals surface area contributed by atoms with Crippen molar-refractivity contribution in [2.24, 2.45) is 5.84 Å². The number of nitrogens with one attached hydrogen (secondary N) is 1. The van der Waals surface area contributed by atoms with Crippen molar-refractivity contribution in [3.05, 3.63) is 11.9 Å². The molecule has 0 aromatic carbocycles. The van der Waals surface area contributed by atoms with Crippen molar-refractivity contribution in [1.82, 2.24) is 9.97 Å². The third kappa shape index (κ3) is 2.37.